The average Bonchev–Trinajstić information content (AvgIpc) is 2.47. The zero-order valence-electron chi connectivity index (χ0n) is 11.7. The molecular formula is C15H21FN2O2. The van der Waals surface area contributed by atoms with Gasteiger partial charge >= 0.3 is 0 Å². The molecule has 0 bridgehead atoms. The number of nitrogens with zero attached hydrogens (tertiary/aromatic N) is 1. The van der Waals surface area contributed by atoms with E-state index >= 15 is 0 Å². The summed E-state index contributed by atoms with van der Waals surface area (Å²) in [6.07, 6.45) is 3.90. The molecule has 1 unspecified atom stereocenters. The summed E-state index contributed by atoms with van der Waals surface area (Å²) in [6, 6.07) is 3.66. The molecule has 20 heavy (non-hydrogen) atoms. The lowest BCUT2D eigenvalue weighted by molar-refractivity contribution is 0.0599. The minimum atomic E-state index is -0.505. The van der Waals surface area contributed by atoms with Crippen LogP contribution in [0.25, 0.3) is 0 Å². The average molecular weight is 280 g/mol. The molecule has 1 aliphatic heterocycles. The standard InChI is InChI=1S/C15H21FN2O2/c1-17-8-7-12-4-2-3-9-18(12)15(20)13-10-11(16)5-6-14(13)19/h5-6,10,12,17,19H,2-4,7-9H2,1H3. The van der Waals surface area contributed by atoms with Crippen molar-refractivity contribution in [2.75, 3.05) is 20.1 Å². The highest BCUT2D eigenvalue weighted by Gasteiger charge is 2.28. The quantitative estimate of drug-likeness (QED) is 0.888. The van der Waals surface area contributed by atoms with Crippen LogP contribution in [0.15, 0.2) is 18.2 Å². The summed E-state index contributed by atoms with van der Waals surface area (Å²) in [4.78, 5) is 14.3. The Balaban J connectivity index is 2.18. The molecule has 0 spiro atoms. The number of hydrogen-bond donors (Lipinski definition) is 2. The van der Waals surface area contributed by atoms with Crippen LogP contribution < -0.4 is 5.32 Å². The molecule has 110 valence electrons. The molecule has 4 nitrogen and oxygen atoms in total. The number of phenolic OH excluding ortho intramolecular Hbond substituents is 1. The first kappa shape index (κ1) is 14.8. The Morgan fingerprint density at radius 1 is 1.50 bits per heavy atom. The molecule has 0 radical (unpaired) electrons. The molecule has 0 aromatic heterocycles. The second-order valence-electron chi connectivity index (χ2n) is 5.20. The number of likely N-dealkylation sites (tertiary alicyclic amines) is 1. The molecule has 0 aliphatic carbocycles. The van der Waals surface area contributed by atoms with Crippen LogP contribution in [0.2, 0.25) is 0 Å². The Bertz CT molecular complexity index is 479. The van der Waals surface area contributed by atoms with Crippen LogP contribution in [-0.4, -0.2) is 42.1 Å². The normalized spacial score (nSPS) is 19.1. The van der Waals surface area contributed by atoms with Gasteiger partial charge in [0.15, 0.2) is 0 Å². The number of carbonyl (C=O) groups is 1. The van der Waals surface area contributed by atoms with Gasteiger partial charge in [-0.05, 0) is 57.5 Å². The molecule has 1 aliphatic rings. The van der Waals surface area contributed by atoms with Crippen LogP contribution >= 0.6 is 0 Å². The van der Waals surface area contributed by atoms with E-state index in [1.54, 1.807) is 4.90 Å². The van der Waals surface area contributed by atoms with Crippen LogP contribution in [0.5, 0.6) is 5.75 Å². The number of hydrogen-bond acceptors (Lipinski definition) is 3. The first-order valence-corrected chi connectivity index (χ1v) is 7.07. The summed E-state index contributed by atoms with van der Waals surface area (Å²) in [5.41, 5.74) is 0.0568. The molecule has 1 amide bonds. The largest absolute Gasteiger partial charge is 0.507 e. The van der Waals surface area contributed by atoms with E-state index in [2.05, 4.69) is 5.32 Å². The van der Waals surface area contributed by atoms with Gasteiger partial charge in [-0.3, -0.25) is 4.79 Å². The third-order valence-corrected chi connectivity index (χ3v) is 3.80. The number of phenols is 1. The summed E-state index contributed by atoms with van der Waals surface area (Å²) in [5, 5.41) is 12.9. The fourth-order valence-electron chi connectivity index (χ4n) is 2.71. The lowest BCUT2D eigenvalue weighted by Crippen LogP contribution is -2.44. The zero-order valence-corrected chi connectivity index (χ0v) is 11.7. The number of aromatic hydroxyl groups is 1. The number of nitrogens with one attached hydrogen (secondary N) is 1. The molecule has 5 heteroatoms. The SMILES string of the molecule is CNCCC1CCCCN1C(=O)c1cc(F)ccc1O. The van der Waals surface area contributed by atoms with Crippen molar-refractivity contribution in [2.24, 2.45) is 0 Å². The third-order valence-electron chi connectivity index (χ3n) is 3.80. The van der Waals surface area contributed by atoms with Crippen LogP contribution in [0, 0.1) is 5.82 Å². The maximum absolute atomic E-state index is 13.3. The Kier molecular flexibility index (Phi) is 4.95. The van der Waals surface area contributed by atoms with Gasteiger partial charge in [0.2, 0.25) is 0 Å². The number of rotatable bonds is 4. The van der Waals surface area contributed by atoms with Gasteiger partial charge in [0.05, 0.1) is 5.56 Å². The highest BCUT2D eigenvalue weighted by molar-refractivity contribution is 5.97. The summed E-state index contributed by atoms with van der Waals surface area (Å²) in [5.74, 6) is -0.938. The maximum atomic E-state index is 13.3. The number of amides is 1. The molecule has 0 saturated carbocycles. The Labute approximate surface area is 118 Å². The molecule has 1 aromatic carbocycles. The highest BCUT2D eigenvalue weighted by atomic mass is 19.1. The number of piperidine rings is 1. The Morgan fingerprint density at radius 2 is 2.30 bits per heavy atom. The summed E-state index contributed by atoms with van der Waals surface area (Å²) in [6.45, 7) is 1.51. The van der Waals surface area contributed by atoms with E-state index in [0.29, 0.717) is 6.54 Å². The van der Waals surface area contributed by atoms with E-state index in [-0.39, 0.29) is 23.3 Å². The van der Waals surface area contributed by atoms with E-state index in [9.17, 15) is 14.3 Å². The number of benzene rings is 1. The summed E-state index contributed by atoms with van der Waals surface area (Å²) in [7, 11) is 1.88. The smallest absolute Gasteiger partial charge is 0.257 e. The minimum absolute atomic E-state index is 0.0568. The highest BCUT2D eigenvalue weighted by Crippen LogP contribution is 2.25. The van der Waals surface area contributed by atoms with Crippen LogP contribution in [0.4, 0.5) is 4.39 Å². The molecule has 2 N–H and O–H groups in total. The summed E-state index contributed by atoms with van der Waals surface area (Å²) >= 11 is 0. The van der Waals surface area contributed by atoms with E-state index in [1.807, 2.05) is 7.05 Å². The molecule has 1 heterocycles. The molecule has 2 rings (SSSR count). The minimum Gasteiger partial charge on any atom is -0.507 e. The first-order valence-electron chi connectivity index (χ1n) is 7.07. The third kappa shape index (κ3) is 3.28. The summed E-state index contributed by atoms with van der Waals surface area (Å²) < 4.78 is 13.3. The Hall–Kier alpha value is -1.62. The number of halogens is 1. The first-order chi connectivity index (χ1) is 9.63. The molecule has 1 atom stereocenters. The Morgan fingerprint density at radius 3 is 3.05 bits per heavy atom. The fraction of sp³-hybridized carbons (Fsp3) is 0.533. The van der Waals surface area contributed by atoms with Crippen LogP contribution in [-0.2, 0) is 0 Å². The van der Waals surface area contributed by atoms with E-state index in [1.165, 1.54) is 6.07 Å². The molecular weight excluding hydrogens is 259 g/mol. The van der Waals surface area contributed by atoms with Gasteiger partial charge in [-0.15, -0.1) is 0 Å². The molecule has 1 aromatic rings. The molecule has 1 saturated heterocycles. The van der Waals surface area contributed by atoms with Gasteiger partial charge in [0, 0.05) is 12.6 Å². The topological polar surface area (TPSA) is 52.6 Å². The number of carbonyl (C=O) groups excluding carboxylic acids is 1. The van der Waals surface area contributed by atoms with Gasteiger partial charge in [0.1, 0.15) is 11.6 Å². The predicted molar refractivity (Wildman–Crippen MR) is 75.3 cm³/mol. The van der Waals surface area contributed by atoms with Gasteiger partial charge in [0.25, 0.3) is 5.91 Å². The van der Waals surface area contributed by atoms with Crippen molar-refractivity contribution in [3.63, 3.8) is 0 Å². The van der Waals surface area contributed by atoms with Crippen molar-refractivity contribution in [3.8, 4) is 5.75 Å². The second kappa shape index (κ2) is 6.70. The molecule has 1 fully saturated rings. The zero-order chi connectivity index (χ0) is 14.5. The van der Waals surface area contributed by atoms with Gasteiger partial charge < -0.3 is 15.3 Å². The van der Waals surface area contributed by atoms with Crippen LogP contribution in [0.1, 0.15) is 36.0 Å². The lowest BCUT2D eigenvalue weighted by Gasteiger charge is -2.36. The van der Waals surface area contributed by atoms with Crippen molar-refractivity contribution in [1.29, 1.82) is 0 Å². The predicted octanol–water partition coefficient (Wildman–Crippen LogP) is 2.14. The van der Waals surface area contributed by atoms with E-state index in [0.717, 1.165) is 44.4 Å². The second-order valence-corrected chi connectivity index (χ2v) is 5.20. The van der Waals surface area contributed by atoms with Gasteiger partial charge in [-0.25, -0.2) is 4.39 Å². The van der Waals surface area contributed by atoms with Crippen LogP contribution in [0.3, 0.4) is 0 Å². The van der Waals surface area contributed by atoms with Gasteiger partial charge in [-0.1, -0.05) is 0 Å². The lowest BCUT2D eigenvalue weighted by atomic mass is 9.98. The van der Waals surface area contributed by atoms with Gasteiger partial charge in [-0.2, -0.15) is 0 Å². The van der Waals surface area contributed by atoms with Crippen molar-refractivity contribution in [1.82, 2.24) is 10.2 Å². The monoisotopic (exact) mass is 280 g/mol. The van der Waals surface area contributed by atoms with Crippen molar-refractivity contribution >= 4 is 5.91 Å². The van der Waals surface area contributed by atoms with E-state index < -0.39 is 5.82 Å². The van der Waals surface area contributed by atoms with Crippen molar-refractivity contribution < 1.29 is 14.3 Å². The maximum Gasteiger partial charge on any atom is 0.257 e. The fourth-order valence-corrected chi connectivity index (χ4v) is 2.71. The van der Waals surface area contributed by atoms with Crippen molar-refractivity contribution in [3.05, 3.63) is 29.6 Å². The van der Waals surface area contributed by atoms with Crippen molar-refractivity contribution in [2.45, 2.75) is 31.7 Å². The van der Waals surface area contributed by atoms with E-state index in [4.69, 9.17) is 0 Å².